The first-order valence-corrected chi connectivity index (χ1v) is 12.9. The largest absolute Gasteiger partial charge is 0.497 e. The van der Waals surface area contributed by atoms with E-state index in [1.165, 1.54) is 25.8 Å². The monoisotopic (exact) mass is 468 g/mol. The van der Waals surface area contributed by atoms with Gasteiger partial charge in [-0.25, -0.2) is 0 Å². The molecule has 2 aromatic rings. The van der Waals surface area contributed by atoms with Crippen molar-refractivity contribution in [2.24, 2.45) is 11.8 Å². The van der Waals surface area contributed by atoms with Crippen LogP contribution in [0.2, 0.25) is 0 Å². The number of carbonyl (C=O) groups excluding carboxylic acids is 2. The van der Waals surface area contributed by atoms with Crippen LogP contribution >= 0.6 is 0 Å². The van der Waals surface area contributed by atoms with Crippen LogP contribution in [0.1, 0.15) is 62.9 Å². The van der Waals surface area contributed by atoms with Crippen LogP contribution in [0.3, 0.4) is 0 Å². The van der Waals surface area contributed by atoms with Crippen molar-refractivity contribution in [3.63, 3.8) is 0 Å². The van der Waals surface area contributed by atoms with Crippen LogP contribution in [0.4, 0.5) is 0 Å². The van der Waals surface area contributed by atoms with Crippen LogP contribution in [0.15, 0.2) is 24.3 Å². The Hall–Kier alpha value is -2.54. The summed E-state index contributed by atoms with van der Waals surface area (Å²) < 4.78 is 5.27. The lowest BCUT2D eigenvalue weighted by molar-refractivity contribution is -0.126. The van der Waals surface area contributed by atoms with Crippen molar-refractivity contribution in [2.45, 2.75) is 58.4 Å². The quantitative estimate of drug-likeness (QED) is 0.573. The Balaban J connectivity index is 1.21. The van der Waals surface area contributed by atoms with Crippen LogP contribution in [0, 0.1) is 11.8 Å². The third kappa shape index (κ3) is 5.74. The molecule has 4 rings (SSSR count). The van der Waals surface area contributed by atoms with Gasteiger partial charge in [-0.05, 0) is 69.7 Å². The maximum atomic E-state index is 13.0. The van der Waals surface area contributed by atoms with Crippen LogP contribution in [-0.4, -0.2) is 72.5 Å². The fourth-order valence-electron chi connectivity index (χ4n) is 5.48. The molecule has 34 heavy (non-hydrogen) atoms. The number of fused-ring (bicyclic) bond motifs is 1. The zero-order chi connectivity index (χ0) is 24.1. The number of rotatable bonds is 8. The summed E-state index contributed by atoms with van der Waals surface area (Å²) in [5.74, 6) is 1.24. The van der Waals surface area contributed by atoms with Gasteiger partial charge >= 0.3 is 0 Å². The lowest BCUT2D eigenvalue weighted by Gasteiger charge is -2.34. The third-order valence-corrected chi connectivity index (χ3v) is 7.87. The van der Waals surface area contributed by atoms with E-state index in [0.29, 0.717) is 30.7 Å². The molecule has 2 saturated heterocycles. The van der Waals surface area contributed by atoms with E-state index in [0.717, 1.165) is 49.0 Å². The zero-order valence-corrected chi connectivity index (χ0v) is 20.9. The molecular formula is C27H40N4O3. The van der Waals surface area contributed by atoms with Gasteiger partial charge in [-0.3, -0.25) is 9.59 Å². The fourth-order valence-corrected chi connectivity index (χ4v) is 5.48. The highest BCUT2D eigenvalue weighted by Crippen LogP contribution is 2.27. The number of nitrogens with zero attached hydrogens (tertiary/aromatic N) is 2. The molecule has 3 heterocycles. The molecule has 0 aliphatic carbocycles. The molecule has 2 atom stereocenters. The molecule has 1 aromatic heterocycles. The number of methoxy groups -OCH3 is 1. The Bertz CT molecular complexity index is 979. The minimum absolute atomic E-state index is 0.0216. The number of H-pyrrole nitrogens is 1. The summed E-state index contributed by atoms with van der Waals surface area (Å²) in [6.45, 7) is 8.72. The van der Waals surface area contributed by atoms with Gasteiger partial charge in [0.2, 0.25) is 5.91 Å². The van der Waals surface area contributed by atoms with Crippen molar-refractivity contribution in [3.05, 3.63) is 30.0 Å². The van der Waals surface area contributed by atoms with Crippen molar-refractivity contribution in [1.29, 1.82) is 0 Å². The highest BCUT2D eigenvalue weighted by atomic mass is 16.5. The van der Waals surface area contributed by atoms with E-state index in [-0.39, 0.29) is 17.7 Å². The van der Waals surface area contributed by atoms with Crippen LogP contribution in [0.25, 0.3) is 10.9 Å². The van der Waals surface area contributed by atoms with E-state index < -0.39 is 0 Å². The van der Waals surface area contributed by atoms with Gasteiger partial charge in [-0.2, -0.15) is 0 Å². The Labute approximate surface area is 203 Å². The standard InChI is InChI=1S/C27H40N4O3/c1-19-7-4-5-13-30(19)14-6-12-28-26(32)20(2)21-10-15-31(16-11-21)27(33)25-17-22-8-9-23(34-3)18-24(22)29-25/h8-9,17-21,29H,4-7,10-16H2,1-3H3,(H,28,32)/t19-,20-/m0/s1. The fraction of sp³-hybridized carbons (Fsp3) is 0.630. The molecular weight excluding hydrogens is 428 g/mol. The normalized spacial score (nSPS) is 20.9. The molecule has 0 radical (unpaired) electrons. The van der Waals surface area contributed by atoms with E-state index in [9.17, 15) is 9.59 Å². The van der Waals surface area contributed by atoms with E-state index in [1.54, 1.807) is 7.11 Å². The lowest BCUT2D eigenvalue weighted by Crippen LogP contribution is -2.43. The van der Waals surface area contributed by atoms with Crippen molar-refractivity contribution in [3.8, 4) is 5.75 Å². The number of aromatic nitrogens is 1. The summed E-state index contributed by atoms with van der Waals surface area (Å²) in [6, 6.07) is 8.34. The number of amides is 2. The Morgan fingerprint density at radius 2 is 1.94 bits per heavy atom. The molecule has 7 nitrogen and oxygen atoms in total. The summed E-state index contributed by atoms with van der Waals surface area (Å²) >= 11 is 0. The van der Waals surface area contributed by atoms with Crippen LogP contribution in [0.5, 0.6) is 5.75 Å². The van der Waals surface area contributed by atoms with Gasteiger partial charge < -0.3 is 24.8 Å². The Morgan fingerprint density at radius 1 is 1.15 bits per heavy atom. The first-order chi connectivity index (χ1) is 16.5. The van der Waals surface area contributed by atoms with E-state index in [2.05, 4.69) is 22.1 Å². The van der Waals surface area contributed by atoms with Gasteiger partial charge in [0, 0.05) is 55.1 Å². The molecule has 2 amide bonds. The molecule has 2 aliphatic rings. The first kappa shape index (κ1) is 24.6. The molecule has 0 saturated carbocycles. The number of likely N-dealkylation sites (tertiary alicyclic amines) is 2. The van der Waals surface area contributed by atoms with Gasteiger partial charge in [0.25, 0.3) is 5.91 Å². The van der Waals surface area contributed by atoms with E-state index >= 15 is 0 Å². The summed E-state index contributed by atoms with van der Waals surface area (Å²) in [5.41, 5.74) is 1.51. The minimum Gasteiger partial charge on any atom is -0.497 e. The average molecular weight is 469 g/mol. The van der Waals surface area contributed by atoms with Gasteiger partial charge in [-0.15, -0.1) is 0 Å². The zero-order valence-electron chi connectivity index (χ0n) is 20.9. The molecule has 7 heteroatoms. The smallest absolute Gasteiger partial charge is 0.270 e. The molecule has 186 valence electrons. The molecule has 0 unspecified atom stereocenters. The molecule has 2 fully saturated rings. The second-order valence-corrected chi connectivity index (χ2v) is 10.1. The Kier molecular flexibility index (Phi) is 8.14. The maximum Gasteiger partial charge on any atom is 0.270 e. The van der Waals surface area contributed by atoms with Crippen molar-refractivity contribution >= 4 is 22.7 Å². The van der Waals surface area contributed by atoms with Gasteiger partial charge in [0.15, 0.2) is 0 Å². The van der Waals surface area contributed by atoms with Crippen molar-refractivity contribution < 1.29 is 14.3 Å². The van der Waals surface area contributed by atoms with Crippen LogP contribution < -0.4 is 10.1 Å². The summed E-state index contributed by atoms with van der Waals surface area (Å²) in [4.78, 5) is 33.5. The first-order valence-electron chi connectivity index (χ1n) is 12.9. The van der Waals surface area contributed by atoms with Crippen molar-refractivity contribution in [1.82, 2.24) is 20.1 Å². The number of nitrogens with one attached hydrogen (secondary N) is 2. The number of piperidine rings is 2. The number of ether oxygens (including phenoxy) is 1. The molecule has 0 spiro atoms. The van der Waals surface area contributed by atoms with Gasteiger partial charge in [0.1, 0.15) is 11.4 Å². The second-order valence-electron chi connectivity index (χ2n) is 10.1. The number of carbonyl (C=O) groups is 2. The number of benzene rings is 1. The predicted molar refractivity (Wildman–Crippen MR) is 135 cm³/mol. The number of hydrogen-bond donors (Lipinski definition) is 2. The molecule has 1 aromatic carbocycles. The summed E-state index contributed by atoms with van der Waals surface area (Å²) in [7, 11) is 1.64. The minimum atomic E-state index is -0.0216. The predicted octanol–water partition coefficient (Wildman–Crippen LogP) is 4.05. The van der Waals surface area contributed by atoms with E-state index in [4.69, 9.17) is 4.74 Å². The third-order valence-electron chi connectivity index (χ3n) is 7.87. The summed E-state index contributed by atoms with van der Waals surface area (Å²) in [5, 5.41) is 4.16. The number of aromatic amines is 1. The maximum absolute atomic E-state index is 13.0. The second kappa shape index (κ2) is 11.3. The van der Waals surface area contributed by atoms with Crippen LogP contribution in [-0.2, 0) is 4.79 Å². The number of hydrogen-bond acceptors (Lipinski definition) is 4. The average Bonchev–Trinajstić information content (AvgIpc) is 3.30. The highest BCUT2D eigenvalue weighted by Gasteiger charge is 2.30. The molecule has 2 aliphatic heterocycles. The van der Waals surface area contributed by atoms with E-state index in [1.807, 2.05) is 36.1 Å². The van der Waals surface area contributed by atoms with Crippen molar-refractivity contribution in [2.75, 3.05) is 39.8 Å². The molecule has 0 bridgehead atoms. The highest BCUT2D eigenvalue weighted by molar-refractivity contribution is 5.98. The SMILES string of the molecule is COc1ccc2cc(C(=O)N3CCC([C@H](C)C(=O)NCCCN4CCCC[C@@H]4C)CC3)[nH]c2c1. The Morgan fingerprint density at radius 3 is 2.68 bits per heavy atom. The van der Waals surface area contributed by atoms with Gasteiger partial charge in [-0.1, -0.05) is 13.3 Å². The lowest BCUT2D eigenvalue weighted by atomic mass is 9.84. The summed E-state index contributed by atoms with van der Waals surface area (Å²) in [6.07, 6.45) is 6.66. The topological polar surface area (TPSA) is 77.7 Å². The molecule has 2 N–H and O–H groups in total. The van der Waals surface area contributed by atoms with Gasteiger partial charge in [0.05, 0.1) is 7.11 Å².